The van der Waals surface area contributed by atoms with Gasteiger partial charge in [0.05, 0.1) is 5.71 Å². The Bertz CT molecular complexity index is 1190. The summed E-state index contributed by atoms with van der Waals surface area (Å²) in [5.41, 5.74) is 8.02. The van der Waals surface area contributed by atoms with E-state index >= 15 is 0 Å². The van der Waals surface area contributed by atoms with Crippen molar-refractivity contribution in [3.63, 3.8) is 0 Å². The molecule has 0 aliphatic heterocycles. The number of aromatic nitrogens is 3. The summed E-state index contributed by atoms with van der Waals surface area (Å²) in [6, 6.07) is 20.6. The molecule has 0 unspecified atom stereocenters. The van der Waals surface area contributed by atoms with Crippen molar-refractivity contribution < 1.29 is 5.21 Å². The molecular formula is C26H24N4O. The monoisotopic (exact) mass is 408 g/mol. The van der Waals surface area contributed by atoms with Gasteiger partial charge in [0, 0.05) is 47.8 Å². The highest BCUT2D eigenvalue weighted by Gasteiger charge is 2.20. The normalized spacial score (nSPS) is 12.5. The molecule has 0 aliphatic carbocycles. The van der Waals surface area contributed by atoms with Crippen LogP contribution in [-0.2, 0) is 0 Å². The summed E-state index contributed by atoms with van der Waals surface area (Å²) >= 11 is 0. The van der Waals surface area contributed by atoms with Gasteiger partial charge in [-0.05, 0) is 48.2 Å². The second kappa shape index (κ2) is 9.30. The zero-order chi connectivity index (χ0) is 21.6. The molecule has 1 N–H and O–H groups in total. The lowest BCUT2D eigenvalue weighted by Gasteiger charge is -2.21. The summed E-state index contributed by atoms with van der Waals surface area (Å²) in [7, 11) is 0. The Hall–Kier alpha value is -3.86. The first-order chi connectivity index (χ1) is 15.2. The smallest absolute Gasteiger partial charge is 0.115 e. The zero-order valence-electron chi connectivity index (χ0n) is 17.6. The van der Waals surface area contributed by atoms with Crippen LogP contribution in [0.5, 0.6) is 0 Å². The van der Waals surface area contributed by atoms with E-state index in [1.165, 1.54) is 17.5 Å². The first kappa shape index (κ1) is 20.4. The maximum Gasteiger partial charge on any atom is 0.115 e. The average molecular weight is 409 g/mol. The maximum atomic E-state index is 9.83. The summed E-state index contributed by atoms with van der Waals surface area (Å²) < 4.78 is 0. The minimum Gasteiger partial charge on any atom is -0.411 e. The molecule has 0 spiro atoms. The van der Waals surface area contributed by atoms with E-state index in [4.69, 9.17) is 0 Å². The van der Waals surface area contributed by atoms with Gasteiger partial charge in [-0.1, -0.05) is 53.7 Å². The van der Waals surface area contributed by atoms with Crippen LogP contribution >= 0.6 is 0 Å². The quantitative estimate of drug-likeness (QED) is 0.258. The number of aryl methyl sites for hydroxylation is 2. The molecule has 0 amide bonds. The molecular weight excluding hydrogens is 384 g/mol. The molecule has 154 valence electrons. The number of pyridine rings is 1. The van der Waals surface area contributed by atoms with Crippen LogP contribution < -0.4 is 0 Å². The fourth-order valence-electron chi connectivity index (χ4n) is 3.88. The Labute approximate surface area is 182 Å². The number of nitrogens with zero attached hydrogens (tertiary/aromatic N) is 4. The molecule has 5 nitrogen and oxygen atoms in total. The summed E-state index contributed by atoms with van der Waals surface area (Å²) in [6.45, 7) is 4.05. The molecule has 0 aliphatic rings. The van der Waals surface area contributed by atoms with E-state index in [0.29, 0.717) is 12.1 Å². The van der Waals surface area contributed by atoms with Gasteiger partial charge in [-0.2, -0.15) is 0 Å². The second-order valence-corrected chi connectivity index (χ2v) is 7.60. The highest BCUT2D eigenvalue weighted by molar-refractivity contribution is 6.01. The molecule has 31 heavy (non-hydrogen) atoms. The number of hydrogen-bond donors (Lipinski definition) is 1. The lowest BCUT2D eigenvalue weighted by atomic mass is 9.83. The van der Waals surface area contributed by atoms with E-state index in [2.05, 4.69) is 69.5 Å². The van der Waals surface area contributed by atoms with Crippen LogP contribution in [0, 0.1) is 13.8 Å². The van der Waals surface area contributed by atoms with Gasteiger partial charge in [0.2, 0.25) is 0 Å². The Morgan fingerprint density at radius 1 is 0.935 bits per heavy atom. The molecule has 2 aromatic heterocycles. The standard InChI is InChI=1S/C26H24N4O/c1-18-5-3-4-6-24(18)25(14-26(30-31)22-11-12-29-19(2)13-22)21-9-7-20(8-10-21)23-15-27-17-28-16-23/h3-13,15-17,25,31H,14H2,1-2H3/t25-/m1/s1. The van der Waals surface area contributed by atoms with Gasteiger partial charge in [0.25, 0.3) is 0 Å². The van der Waals surface area contributed by atoms with E-state index in [-0.39, 0.29) is 5.92 Å². The molecule has 0 fully saturated rings. The molecule has 5 heteroatoms. The minimum absolute atomic E-state index is 0.0432. The molecule has 4 aromatic rings. The number of benzene rings is 2. The predicted molar refractivity (Wildman–Crippen MR) is 122 cm³/mol. The van der Waals surface area contributed by atoms with Gasteiger partial charge in [0.15, 0.2) is 0 Å². The molecule has 0 bridgehead atoms. The van der Waals surface area contributed by atoms with Gasteiger partial charge in [-0.25, -0.2) is 9.97 Å². The van der Waals surface area contributed by atoms with Crippen molar-refractivity contribution in [3.8, 4) is 11.1 Å². The van der Waals surface area contributed by atoms with Crippen LogP contribution in [0.2, 0.25) is 0 Å². The molecule has 2 heterocycles. The second-order valence-electron chi connectivity index (χ2n) is 7.60. The van der Waals surface area contributed by atoms with Crippen LogP contribution in [0.3, 0.4) is 0 Å². The molecule has 0 saturated carbocycles. The van der Waals surface area contributed by atoms with E-state index in [1.807, 2.05) is 37.5 Å². The number of rotatable bonds is 6. The molecule has 1 atom stereocenters. The zero-order valence-corrected chi connectivity index (χ0v) is 17.6. The first-order valence-electron chi connectivity index (χ1n) is 10.2. The van der Waals surface area contributed by atoms with Crippen molar-refractivity contribution in [2.24, 2.45) is 5.16 Å². The number of hydrogen-bond acceptors (Lipinski definition) is 5. The molecule has 0 radical (unpaired) electrons. The van der Waals surface area contributed by atoms with Gasteiger partial charge in [-0.15, -0.1) is 0 Å². The third-order valence-electron chi connectivity index (χ3n) is 5.52. The van der Waals surface area contributed by atoms with E-state index in [0.717, 1.165) is 27.9 Å². The predicted octanol–water partition coefficient (Wildman–Crippen LogP) is 5.56. The van der Waals surface area contributed by atoms with E-state index in [1.54, 1.807) is 6.20 Å². The van der Waals surface area contributed by atoms with E-state index in [9.17, 15) is 5.21 Å². The Balaban J connectivity index is 1.72. The van der Waals surface area contributed by atoms with Crippen LogP contribution in [-0.4, -0.2) is 25.9 Å². The van der Waals surface area contributed by atoms with E-state index < -0.39 is 0 Å². The third-order valence-corrected chi connectivity index (χ3v) is 5.52. The van der Waals surface area contributed by atoms with Crippen molar-refractivity contribution in [3.05, 3.63) is 114 Å². The fourth-order valence-corrected chi connectivity index (χ4v) is 3.88. The van der Waals surface area contributed by atoms with Crippen molar-refractivity contribution in [1.29, 1.82) is 0 Å². The largest absolute Gasteiger partial charge is 0.411 e. The topological polar surface area (TPSA) is 71.3 Å². The van der Waals surface area contributed by atoms with Gasteiger partial charge >= 0.3 is 0 Å². The lowest BCUT2D eigenvalue weighted by molar-refractivity contribution is 0.317. The first-order valence-corrected chi connectivity index (χ1v) is 10.2. The van der Waals surface area contributed by atoms with Gasteiger partial charge in [0.1, 0.15) is 6.33 Å². The van der Waals surface area contributed by atoms with Crippen LogP contribution in [0.4, 0.5) is 0 Å². The fraction of sp³-hybridized carbons (Fsp3) is 0.154. The van der Waals surface area contributed by atoms with Crippen molar-refractivity contribution in [1.82, 2.24) is 15.0 Å². The van der Waals surface area contributed by atoms with Crippen LogP contribution in [0.1, 0.15) is 40.3 Å². The summed E-state index contributed by atoms with van der Waals surface area (Å²) in [5.74, 6) is 0.0432. The van der Waals surface area contributed by atoms with Crippen molar-refractivity contribution in [2.45, 2.75) is 26.2 Å². The van der Waals surface area contributed by atoms with Crippen molar-refractivity contribution >= 4 is 5.71 Å². The highest BCUT2D eigenvalue weighted by Crippen LogP contribution is 2.33. The van der Waals surface area contributed by atoms with Crippen molar-refractivity contribution in [2.75, 3.05) is 0 Å². The Morgan fingerprint density at radius 3 is 2.35 bits per heavy atom. The summed E-state index contributed by atoms with van der Waals surface area (Å²) in [4.78, 5) is 12.5. The molecule has 0 saturated heterocycles. The SMILES string of the molecule is Cc1cc(C(C[C@H](c2ccc(-c3cncnc3)cc2)c2ccccc2C)=NO)ccn1. The van der Waals surface area contributed by atoms with Gasteiger partial charge < -0.3 is 5.21 Å². The minimum atomic E-state index is 0.0432. The summed E-state index contributed by atoms with van der Waals surface area (Å²) in [6.07, 6.45) is 7.46. The van der Waals surface area contributed by atoms with Gasteiger partial charge in [-0.3, -0.25) is 4.98 Å². The Morgan fingerprint density at radius 2 is 1.68 bits per heavy atom. The maximum absolute atomic E-state index is 9.83. The number of oxime groups is 1. The summed E-state index contributed by atoms with van der Waals surface area (Å²) in [5, 5.41) is 13.5. The van der Waals surface area contributed by atoms with Crippen LogP contribution in [0.25, 0.3) is 11.1 Å². The molecule has 2 aromatic carbocycles. The highest BCUT2D eigenvalue weighted by atomic mass is 16.4. The lowest BCUT2D eigenvalue weighted by Crippen LogP contribution is -2.12. The molecule has 4 rings (SSSR count). The average Bonchev–Trinajstić information content (AvgIpc) is 2.81. The Kier molecular flexibility index (Phi) is 6.13. The third kappa shape index (κ3) is 4.67. The van der Waals surface area contributed by atoms with Crippen LogP contribution in [0.15, 0.2) is 90.7 Å².